The standard InChI is InChI=1S/C14H16F2N4O/c1-3-4-12-18-13(20-17)8(2)14(19-12)21-11-7-9(15)5-6-10(11)16/h5-7H,3-4,17H2,1-2H3,(H,18,19,20). The van der Waals surface area contributed by atoms with Gasteiger partial charge in [-0.25, -0.2) is 19.6 Å². The number of aromatic nitrogens is 2. The monoisotopic (exact) mass is 294 g/mol. The molecule has 0 aliphatic heterocycles. The summed E-state index contributed by atoms with van der Waals surface area (Å²) in [4.78, 5) is 8.45. The van der Waals surface area contributed by atoms with E-state index in [2.05, 4.69) is 15.4 Å². The molecule has 0 saturated heterocycles. The molecule has 0 radical (unpaired) electrons. The number of nitrogen functional groups attached to an aromatic ring is 1. The summed E-state index contributed by atoms with van der Waals surface area (Å²) in [5, 5.41) is 0. The van der Waals surface area contributed by atoms with E-state index in [1.165, 1.54) is 0 Å². The molecule has 0 amide bonds. The van der Waals surface area contributed by atoms with E-state index in [4.69, 9.17) is 10.6 Å². The van der Waals surface area contributed by atoms with Crippen LogP contribution in [0, 0.1) is 18.6 Å². The summed E-state index contributed by atoms with van der Waals surface area (Å²) in [6, 6.07) is 2.98. The van der Waals surface area contributed by atoms with E-state index in [1.807, 2.05) is 6.92 Å². The topological polar surface area (TPSA) is 73.1 Å². The summed E-state index contributed by atoms with van der Waals surface area (Å²) in [5.41, 5.74) is 2.96. The molecule has 1 aromatic carbocycles. The molecule has 0 saturated carbocycles. The first-order valence-corrected chi connectivity index (χ1v) is 6.52. The maximum Gasteiger partial charge on any atom is 0.227 e. The van der Waals surface area contributed by atoms with Gasteiger partial charge in [-0.2, -0.15) is 4.98 Å². The predicted molar refractivity (Wildman–Crippen MR) is 75.0 cm³/mol. The van der Waals surface area contributed by atoms with Gasteiger partial charge in [0.25, 0.3) is 0 Å². The molecule has 5 nitrogen and oxygen atoms in total. The van der Waals surface area contributed by atoms with Crippen molar-refractivity contribution >= 4 is 5.82 Å². The lowest BCUT2D eigenvalue weighted by atomic mass is 10.2. The fourth-order valence-electron chi connectivity index (χ4n) is 1.78. The first-order chi connectivity index (χ1) is 10.0. The Labute approximate surface area is 121 Å². The molecule has 0 fully saturated rings. The molecule has 0 spiro atoms. The van der Waals surface area contributed by atoms with E-state index in [9.17, 15) is 8.78 Å². The number of hydrazine groups is 1. The molecule has 0 atom stereocenters. The SMILES string of the molecule is CCCc1nc(NN)c(C)c(Oc2cc(F)ccc2F)n1. The van der Waals surface area contributed by atoms with Gasteiger partial charge < -0.3 is 10.2 Å². The van der Waals surface area contributed by atoms with Gasteiger partial charge in [0.1, 0.15) is 17.5 Å². The van der Waals surface area contributed by atoms with Crippen LogP contribution in [0.4, 0.5) is 14.6 Å². The summed E-state index contributed by atoms with van der Waals surface area (Å²) in [5.74, 6) is 4.95. The summed E-state index contributed by atoms with van der Waals surface area (Å²) in [7, 11) is 0. The number of hydrogen-bond donors (Lipinski definition) is 2. The lowest BCUT2D eigenvalue weighted by Gasteiger charge is -2.13. The van der Waals surface area contributed by atoms with Crippen LogP contribution in [-0.4, -0.2) is 9.97 Å². The quantitative estimate of drug-likeness (QED) is 0.655. The number of aryl methyl sites for hydroxylation is 1. The van der Waals surface area contributed by atoms with Crippen molar-refractivity contribution in [3.63, 3.8) is 0 Å². The van der Waals surface area contributed by atoms with Crippen molar-refractivity contribution in [2.24, 2.45) is 5.84 Å². The van der Waals surface area contributed by atoms with Gasteiger partial charge >= 0.3 is 0 Å². The molecular formula is C14H16F2N4O. The van der Waals surface area contributed by atoms with E-state index >= 15 is 0 Å². The fraction of sp³-hybridized carbons (Fsp3) is 0.286. The van der Waals surface area contributed by atoms with E-state index in [1.54, 1.807) is 6.92 Å². The Kier molecular flexibility index (Phi) is 4.64. The van der Waals surface area contributed by atoms with Crippen LogP contribution in [0.15, 0.2) is 18.2 Å². The average Bonchev–Trinajstić information content (AvgIpc) is 2.46. The minimum absolute atomic E-state index is 0.144. The highest BCUT2D eigenvalue weighted by Crippen LogP contribution is 2.29. The highest BCUT2D eigenvalue weighted by atomic mass is 19.1. The Hall–Kier alpha value is -2.28. The Morgan fingerprint density at radius 3 is 2.71 bits per heavy atom. The van der Waals surface area contributed by atoms with Gasteiger partial charge in [0.2, 0.25) is 5.88 Å². The van der Waals surface area contributed by atoms with E-state index in [0.717, 1.165) is 24.6 Å². The lowest BCUT2D eigenvalue weighted by molar-refractivity contribution is 0.417. The summed E-state index contributed by atoms with van der Waals surface area (Å²) in [6.07, 6.45) is 1.46. The van der Waals surface area contributed by atoms with E-state index in [-0.39, 0.29) is 11.6 Å². The second-order valence-electron chi connectivity index (χ2n) is 4.49. The second kappa shape index (κ2) is 6.45. The average molecular weight is 294 g/mol. The molecule has 0 bridgehead atoms. The molecule has 0 aliphatic carbocycles. The first kappa shape index (κ1) is 15.1. The van der Waals surface area contributed by atoms with Crippen molar-refractivity contribution < 1.29 is 13.5 Å². The number of nitrogens with two attached hydrogens (primary N) is 1. The molecule has 0 aliphatic rings. The summed E-state index contributed by atoms with van der Waals surface area (Å²) < 4.78 is 32.2. The Morgan fingerprint density at radius 1 is 1.29 bits per heavy atom. The zero-order chi connectivity index (χ0) is 15.4. The smallest absolute Gasteiger partial charge is 0.227 e. The number of halogens is 2. The van der Waals surface area contributed by atoms with Crippen molar-refractivity contribution in [1.82, 2.24) is 9.97 Å². The van der Waals surface area contributed by atoms with Crippen LogP contribution in [0.5, 0.6) is 11.6 Å². The molecule has 3 N–H and O–H groups in total. The number of nitrogens with one attached hydrogen (secondary N) is 1. The summed E-state index contributed by atoms with van der Waals surface area (Å²) in [6.45, 7) is 3.66. The zero-order valence-corrected chi connectivity index (χ0v) is 11.8. The molecule has 2 aromatic rings. The van der Waals surface area contributed by atoms with Crippen LogP contribution in [0.25, 0.3) is 0 Å². The van der Waals surface area contributed by atoms with Crippen molar-refractivity contribution in [2.75, 3.05) is 5.43 Å². The maximum atomic E-state index is 13.6. The highest BCUT2D eigenvalue weighted by Gasteiger charge is 2.14. The Bertz CT molecular complexity index is 649. The van der Waals surface area contributed by atoms with Crippen LogP contribution in [0.2, 0.25) is 0 Å². The molecule has 1 aromatic heterocycles. The minimum Gasteiger partial charge on any atom is -0.435 e. The Balaban J connectivity index is 2.42. The number of benzene rings is 1. The molecule has 7 heteroatoms. The van der Waals surface area contributed by atoms with Gasteiger partial charge in [-0.3, -0.25) is 0 Å². The third-order valence-electron chi connectivity index (χ3n) is 2.86. The van der Waals surface area contributed by atoms with Crippen LogP contribution >= 0.6 is 0 Å². The number of hydrogen-bond acceptors (Lipinski definition) is 5. The number of anilines is 1. The van der Waals surface area contributed by atoms with Crippen molar-refractivity contribution in [3.05, 3.63) is 41.2 Å². The second-order valence-corrected chi connectivity index (χ2v) is 4.49. The third-order valence-corrected chi connectivity index (χ3v) is 2.86. The summed E-state index contributed by atoms with van der Waals surface area (Å²) >= 11 is 0. The minimum atomic E-state index is -0.672. The van der Waals surface area contributed by atoms with E-state index < -0.39 is 11.6 Å². The largest absolute Gasteiger partial charge is 0.435 e. The van der Waals surface area contributed by atoms with Gasteiger partial charge in [-0.15, -0.1) is 0 Å². The normalized spacial score (nSPS) is 10.5. The van der Waals surface area contributed by atoms with E-state index in [0.29, 0.717) is 23.6 Å². The molecule has 112 valence electrons. The molecule has 0 unspecified atom stereocenters. The van der Waals surface area contributed by atoms with Crippen LogP contribution in [0.3, 0.4) is 0 Å². The van der Waals surface area contributed by atoms with Gasteiger partial charge in [-0.1, -0.05) is 6.92 Å². The Morgan fingerprint density at radius 2 is 2.05 bits per heavy atom. The number of nitrogens with zero attached hydrogens (tertiary/aromatic N) is 2. The molecule has 21 heavy (non-hydrogen) atoms. The van der Waals surface area contributed by atoms with Gasteiger partial charge in [-0.05, 0) is 25.5 Å². The number of ether oxygens (including phenoxy) is 1. The maximum absolute atomic E-state index is 13.6. The third kappa shape index (κ3) is 3.43. The molecular weight excluding hydrogens is 278 g/mol. The predicted octanol–water partition coefficient (Wildman–Crippen LogP) is 3.09. The van der Waals surface area contributed by atoms with Crippen molar-refractivity contribution in [3.8, 4) is 11.6 Å². The lowest BCUT2D eigenvalue weighted by Crippen LogP contribution is -2.13. The van der Waals surface area contributed by atoms with Crippen LogP contribution in [-0.2, 0) is 6.42 Å². The zero-order valence-electron chi connectivity index (χ0n) is 11.8. The van der Waals surface area contributed by atoms with Gasteiger partial charge in [0.15, 0.2) is 11.6 Å². The molecule has 1 heterocycles. The molecule has 2 rings (SSSR count). The van der Waals surface area contributed by atoms with Gasteiger partial charge in [0, 0.05) is 12.5 Å². The fourth-order valence-corrected chi connectivity index (χ4v) is 1.78. The van der Waals surface area contributed by atoms with Crippen molar-refractivity contribution in [1.29, 1.82) is 0 Å². The van der Waals surface area contributed by atoms with Gasteiger partial charge in [0.05, 0.1) is 5.56 Å². The van der Waals surface area contributed by atoms with Crippen LogP contribution < -0.4 is 16.0 Å². The van der Waals surface area contributed by atoms with Crippen molar-refractivity contribution in [2.45, 2.75) is 26.7 Å². The highest BCUT2D eigenvalue weighted by molar-refractivity contribution is 5.48. The number of rotatable bonds is 5. The first-order valence-electron chi connectivity index (χ1n) is 6.52. The van der Waals surface area contributed by atoms with Crippen LogP contribution in [0.1, 0.15) is 24.7 Å².